The van der Waals surface area contributed by atoms with Crippen molar-refractivity contribution in [2.45, 2.75) is 258 Å². The molecule has 6 heteroatoms. The van der Waals surface area contributed by atoms with E-state index in [4.69, 9.17) is 14.2 Å². The number of hydrogen-bond donors (Lipinski definition) is 0. The van der Waals surface area contributed by atoms with Gasteiger partial charge >= 0.3 is 17.9 Å². The molecule has 0 amide bonds. The molecule has 0 aromatic carbocycles. The van der Waals surface area contributed by atoms with Crippen molar-refractivity contribution >= 4 is 17.9 Å². The molecule has 0 bridgehead atoms. The predicted molar refractivity (Wildman–Crippen MR) is 261 cm³/mol. The molecule has 0 aliphatic rings. The molecule has 0 aromatic heterocycles. The van der Waals surface area contributed by atoms with Crippen LogP contribution in [-0.4, -0.2) is 37.2 Å². The Hall–Kier alpha value is -2.89. The highest BCUT2D eigenvalue weighted by molar-refractivity contribution is 5.71. The minimum Gasteiger partial charge on any atom is -0.462 e. The number of hydrogen-bond acceptors (Lipinski definition) is 6. The van der Waals surface area contributed by atoms with Gasteiger partial charge in [-0.2, -0.15) is 0 Å². The lowest BCUT2D eigenvalue weighted by Crippen LogP contribution is -2.30. The van der Waals surface area contributed by atoms with E-state index in [-0.39, 0.29) is 31.1 Å². The van der Waals surface area contributed by atoms with Gasteiger partial charge in [0.1, 0.15) is 13.2 Å². The smallest absolute Gasteiger partial charge is 0.306 e. The van der Waals surface area contributed by atoms with E-state index in [1.807, 2.05) is 0 Å². The molecule has 1 unspecified atom stereocenters. The summed E-state index contributed by atoms with van der Waals surface area (Å²) in [4.78, 5) is 37.9. The van der Waals surface area contributed by atoms with E-state index in [1.54, 1.807) is 0 Å². The maximum absolute atomic E-state index is 12.8. The minimum atomic E-state index is -0.784. The zero-order chi connectivity index (χ0) is 44.4. The lowest BCUT2D eigenvalue weighted by molar-refractivity contribution is -0.167. The molecule has 0 spiro atoms. The van der Waals surface area contributed by atoms with Gasteiger partial charge in [0.2, 0.25) is 0 Å². The molecule has 352 valence electrons. The Kier molecular flexibility index (Phi) is 47.4. The van der Waals surface area contributed by atoms with E-state index in [9.17, 15) is 14.4 Å². The second kappa shape index (κ2) is 49.8. The fourth-order valence-electron chi connectivity index (χ4n) is 7.10. The van der Waals surface area contributed by atoms with E-state index >= 15 is 0 Å². The van der Waals surface area contributed by atoms with Crippen molar-refractivity contribution in [1.82, 2.24) is 0 Å². The van der Waals surface area contributed by atoms with Gasteiger partial charge in [-0.3, -0.25) is 14.4 Å². The Morgan fingerprint density at radius 1 is 0.344 bits per heavy atom. The van der Waals surface area contributed by atoms with Crippen molar-refractivity contribution in [2.24, 2.45) is 0 Å². The van der Waals surface area contributed by atoms with Crippen LogP contribution in [0.3, 0.4) is 0 Å². The molecule has 0 aliphatic heterocycles. The molecule has 0 rings (SSSR count). The zero-order valence-electron chi connectivity index (χ0n) is 40.2. The van der Waals surface area contributed by atoms with Crippen LogP contribution in [0.1, 0.15) is 252 Å². The van der Waals surface area contributed by atoms with Crippen LogP contribution in [0.15, 0.2) is 60.8 Å². The third-order valence-electron chi connectivity index (χ3n) is 11.0. The highest BCUT2D eigenvalue weighted by atomic mass is 16.6. The van der Waals surface area contributed by atoms with Gasteiger partial charge in [0.05, 0.1) is 0 Å². The molecule has 0 saturated carbocycles. The normalized spacial score (nSPS) is 12.5. The second-order valence-electron chi connectivity index (χ2n) is 17.0. The van der Waals surface area contributed by atoms with Crippen molar-refractivity contribution in [3.63, 3.8) is 0 Å². The topological polar surface area (TPSA) is 78.9 Å². The summed E-state index contributed by atoms with van der Waals surface area (Å²) >= 11 is 0. The van der Waals surface area contributed by atoms with Crippen molar-refractivity contribution in [3.8, 4) is 0 Å². The summed E-state index contributed by atoms with van der Waals surface area (Å²) in [7, 11) is 0. The standard InChI is InChI=1S/C55H96O6/c1-4-7-10-13-16-19-22-24-26-28-30-31-33-36-39-42-45-48-54(57)60-51-52(50-59-53(56)47-44-41-38-35-21-18-15-12-9-6-3)61-55(58)49-46-43-40-37-34-32-29-27-25-23-20-17-14-11-8-5-2/h7,10,12,15-16,19,24,26-27,29,52H,4-6,8-9,11,13-14,17-18,20-23,25,28,30-51H2,1-3H3/b10-7-,15-12-,19-16-,26-24-,29-27-. The van der Waals surface area contributed by atoms with E-state index in [1.165, 1.54) is 103 Å². The SMILES string of the molecule is CC/C=C\C/C=C\C/C=C\CCCCCCCCCC(=O)OCC(COC(=O)CCCCCCC/C=C\CCC)OC(=O)CCCCCCC/C=C\CCCCCCCCC. The van der Waals surface area contributed by atoms with E-state index in [0.717, 1.165) is 109 Å². The fraction of sp³-hybridized carbons (Fsp3) is 0.764. The molecule has 0 heterocycles. The van der Waals surface area contributed by atoms with Crippen LogP contribution in [0.5, 0.6) is 0 Å². The summed E-state index contributed by atoms with van der Waals surface area (Å²) < 4.78 is 16.8. The average molecular weight is 853 g/mol. The predicted octanol–water partition coefficient (Wildman–Crippen LogP) is 16.9. The molecule has 0 radical (unpaired) electrons. The minimum absolute atomic E-state index is 0.0851. The third-order valence-corrected chi connectivity index (χ3v) is 11.0. The molecule has 6 nitrogen and oxygen atoms in total. The van der Waals surface area contributed by atoms with Crippen molar-refractivity contribution in [2.75, 3.05) is 13.2 Å². The number of carbonyl (C=O) groups is 3. The Morgan fingerprint density at radius 2 is 0.672 bits per heavy atom. The van der Waals surface area contributed by atoms with E-state index in [0.29, 0.717) is 19.3 Å². The lowest BCUT2D eigenvalue weighted by Gasteiger charge is -2.18. The number of ether oxygens (including phenoxy) is 3. The van der Waals surface area contributed by atoms with Gasteiger partial charge in [-0.05, 0) is 96.3 Å². The summed E-state index contributed by atoms with van der Waals surface area (Å²) in [6.07, 6.45) is 60.6. The average Bonchev–Trinajstić information content (AvgIpc) is 3.26. The molecule has 0 fully saturated rings. The van der Waals surface area contributed by atoms with Gasteiger partial charge in [-0.1, -0.05) is 197 Å². The van der Waals surface area contributed by atoms with Crippen LogP contribution in [0.25, 0.3) is 0 Å². The van der Waals surface area contributed by atoms with Crippen LogP contribution >= 0.6 is 0 Å². The number of esters is 3. The molecular formula is C55H96O6. The van der Waals surface area contributed by atoms with Crippen molar-refractivity contribution in [3.05, 3.63) is 60.8 Å². The number of rotatable bonds is 46. The molecule has 61 heavy (non-hydrogen) atoms. The monoisotopic (exact) mass is 853 g/mol. The first-order valence-electron chi connectivity index (χ1n) is 25.8. The zero-order valence-corrected chi connectivity index (χ0v) is 40.2. The quantitative estimate of drug-likeness (QED) is 0.0263. The van der Waals surface area contributed by atoms with E-state index in [2.05, 4.69) is 81.5 Å². The Labute approximate surface area is 377 Å². The van der Waals surface area contributed by atoms with Crippen molar-refractivity contribution in [1.29, 1.82) is 0 Å². The Bertz CT molecular complexity index is 1120. The van der Waals surface area contributed by atoms with Crippen LogP contribution < -0.4 is 0 Å². The second-order valence-corrected chi connectivity index (χ2v) is 17.0. The molecule has 1 atom stereocenters. The number of allylic oxidation sites excluding steroid dienone is 10. The van der Waals surface area contributed by atoms with Gasteiger partial charge in [0.25, 0.3) is 0 Å². The fourth-order valence-corrected chi connectivity index (χ4v) is 7.10. The Morgan fingerprint density at radius 3 is 1.08 bits per heavy atom. The highest BCUT2D eigenvalue weighted by Gasteiger charge is 2.19. The van der Waals surface area contributed by atoms with Gasteiger partial charge in [0.15, 0.2) is 6.10 Å². The van der Waals surface area contributed by atoms with E-state index < -0.39 is 6.10 Å². The first kappa shape index (κ1) is 58.1. The van der Waals surface area contributed by atoms with Gasteiger partial charge in [0, 0.05) is 19.3 Å². The van der Waals surface area contributed by atoms with Crippen LogP contribution in [-0.2, 0) is 28.6 Å². The number of carbonyl (C=O) groups excluding carboxylic acids is 3. The largest absolute Gasteiger partial charge is 0.462 e. The number of unbranched alkanes of at least 4 members (excludes halogenated alkanes) is 25. The third kappa shape index (κ3) is 48.0. The summed E-state index contributed by atoms with van der Waals surface area (Å²) in [5.41, 5.74) is 0. The summed E-state index contributed by atoms with van der Waals surface area (Å²) in [6.45, 7) is 6.45. The molecule has 0 saturated heterocycles. The summed E-state index contributed by atoms with van der Waals surface area (Å²) in [5, 5.41) is 0. The summed E-state index contributed by atoms with van der Waals surface area (Å²) in [6, 6.07) is 0. The van der Waals surface area contributed by atoms with Gasteiger partial charge in [-0.25, -0.2) is 0 Å². The van der Waals surface area contributed by atoms with Gasteiger partial charge < -0.3 is 14.2 Å². The maximum Gasteiger partial charge on any atom is 0.306 e. The molecule has 0 N–H and O–H groups in total. The van der Waals surface area contributed by atoms with Gasteiger partial charge in [-0.15, -0.1) is 0 Å². The van der Waals surface area contributed by atoms with Crippen LogP contribution in [0.2, 0.25) is 0 Å². The van der Waals surface area contributed by atoms with Crippen LogP contribution in [0.4, 0.5) is 0 Å². The molecule has 0 aliphatic carbocycles. The molecule has 0 aromatic rings. The maximum atomic E-state index is 12.8. The van der Waals surface area contributed by atoms with Crippen LogP contribution in [0, 0.1) is 0 Å². The first-order valence-corrected chi connectivity index (χ1v) is 25.8. The molecular weight excluding hydrogens is 757 g/mol. The van der Waals surface area contributed by atoms with Crippen molar-refractivity contribution < 1.29 is 28.6 Å². The first-order chi connectivity index (χ1) is 30.0. The lowest BCUT2D eigenvalue weighted by atomic mass is 10.1. The highest BCUT2D eigenvalue weighted by Crippen LogP contribution is 2.14. The Balaban J connectivity index is 4.37. The summed E-state index contributed by atoms with van der Waals surface area (Å²) in [5.74, 6) is -0.910.